The van der Waals surface area contributed by atoms with Gasteiger partial charge in [0, 0.05) is 6.92 Å². The number of carboxylic acid groups (broad SMARTS) is 1. The van der Waals surface area contributed by atoms with Gasteiger partial charge in [0.1, 0.15) is 0 Å². The number of rotatable bonds is 6. The summed E-state index contributed by atoms with van der Waals surface area (Å²) in [6, 6.07) is 0. The van der Waals surface area contributed by atoms with Crippen molar-refractivity contribution in [1.82, 2.24) is 5.01 Å². The molecule has 110 valence electrons. The number of methoxy groups -OCH3 is 1. The third-order valence-electron chi connectivity index (χ3n) is 2.28. The minimum absolute atomic E-state index is 0.0642. The molecule has 0 spiro atoms. The number of carbonyl (C=O) groups is 2. The maximum Gasteiger partial charge on any atom is 0.511 e. The molecule has 0 saturated heterocycles. The summed E-state index contributed by atoms with van der Waals surface area (Å²) in [5.41, 5.74) is -1.49. The molecular weight excluding hydrogens is 262 g/mol. The Balaban J connectivity index is 4.57. The van der Waals surface area contributed by atoms with E-state index in [1.165, 1.54) is 27.8 Å². The Morgan fingerprint density at radius 2 is 2.00 bits per heavy atom. The Kier molecular flexibility index (Phi) is 5.83. The van der Waals surface area contributed by atoms with Crippen LogP contribution in [0, 0.1) is 5.21 Å². The van der Waals surface area contributed by atoms with Crippen LogP contribution in [-0.2, 0) is 19.1 Å². The highest BCUT2D eigenvalue weighted by molar-refractivity contribution is 5.77. The fraction of sp³-hybridized carbons (Fsp3) is 0.778. The summed E-state index contributed by atoms with van der Waals surface area (Å²) in [6.07, 6.45) is -2.16. The normalized spacial score (nSPS) is 13.4. The van der Waals surface area contributed by atoms with E-state index in [1.54, 1.807) is 0 Å². The molecule has 0 heterocycles. The average molecular weight is 279 g/mol. The van der Waals surface area contributed by atoms with Crippen LogP contribution in [-0.4, -0.2) is 53.2 Å². The molecule has 1 unspecified atom stereocenters. The summed E-state index contributed by atoms with van der Waals surface area (Å²) in [7, 11) is 2.33. The van der Waals surface area contributed by atoms with Gasteiger partial charge in [-0.2, -0.15) is 0 Å². The van der Waals surface area contributed by atoms with Gasteiger partial charge in [-0.1, -0.05) is 0 Å². The number of nitrogens with zero attached hydrogens (tertiary/aromatic N) is 3. The van der Waals surface area contributed by atoms with E-state index in [4.69, 9.17) is 5.11 Å². The largest absolute Gasteiger partial charge is 0.569 e. The van der Waals surface area contributed by atoms with Crippen molar-refractivity contribution in [3.05, 3.63) is 5.21 Å². The molecule has 0 bridgehead atoms. The van der Waals surface area contributed by atoms with Gasteiger partial charge in [0.05, 0.1) is 19.1 Å². The average Bonchev–Trinajstić information content (AvgIpc) is 2.34. The fourth-order valence-corrected chi connectivity index (χ4v) is 0.719. The first-order valence-electron chi connectivity index (χ1n) is 5.18. The zero-order valence-corrected chi connectivity index (χ0v) is 11.3. The second-order valence-electron chi connectivity index (χ2n) is 3.97. The van der Waals surface area contributed by atoms with Crippen molar-refractivity contribution in [1.29, 1.82) is 0 Å². The summed E-state index contributed by atoms with van der Waals surface area (Å²) < 4.78 is 8.68. The highest BCUT2D eigenvalue weighted by Crippen LogP contribution is 2.12. The standard InChI is InChI=1S/C9H17N3O7/c1-6(18-8(15)17-5)19-10-12(16)11(4)9(2,3)7(13)14/h6H,1-5H3,(H,13,14). The quantitative estimate of drug-likeness (QED) is 0.248. The summed E-state index contributed by atoms with van der Waals surface area (Å²) in [5.74, 6) is -1.22. The van der Waals surface area contributed by atoms with Crippen LogP contribution in [0.5, 0.6) is 0 Å². The highest BCUT2D eigenvalue weighted by atomic mass is 16.8. The molecule has 1 N–H and O–H groups in total. The van der Waals surface area contributed by atoms with E-state index in [2.05, 4.69) is 19.6 Å². The van der Waals surface area contributed by atoms with Crippen molar-refractivity contribution in [3.63, 3.8) is 0 Å². The van der Waals surface area contributed by atoms with Crippen molar-refractivity contribution in [3.8, 4) is 0 Å². The first-order valence-corrected chi connectivity index (χ1v) is 5.18. The second-order valence-corrected chi connectivity index (χ2v) is 3.97. The number of hydrazine groups is 1. The van der Waals surface area contributed by atoms with Crippen molar-refractivity contribution >= 4 is 12.1 Å². The molecule has 10 heteroatoms. The van der Waals surface area contributed by atoms with E-state index in [9.17, 15) is 14.8 Å². The molecule has 0 aliphatic rings. The zero-order chi connectivity index (χ0) is 15.2. The molecule has 0 fully saturated rings. The Morgan fingerprint density at radius 1 is 1.47 bits per heavy atom. The third-order valence-corrected chi connectivity index (χ3v) is 2.28. The molecule has 0 aromatic rings. The van der Waals surface area contributed by atoms with Gasteiger partial charge in [-0.25, -0.2) is 9.59 Å². The van der Waals surface area contributed by atoms with Gasteiger partial charge in [-0.05, 0) is 13.8 Å². The Morgan fingerprint density at radius 3 is 2.42 bits per heavy atom. The molecular formula is C9H17N3O7. The lowest BCUT2D eigenvalue weighted by molar-refractivity contribution is -0.719. The zero-order valence-electron chi connectivity index (χ0n) is 11.3. The van der Waals surface area contributed by atoms with E-state index in [-0.39, 0.29) is 4.97 Å². The second kappa shape index (κ2) is 6.61. The number of carboxylic acids is 1. The number of carbonyl (C=O) groups excluding carboxylic acids is 1. The van der Waals surface area contributed by atoms with E-state index in [0.29, 0.717) is 0 Å². The van der Waals surface area contributed by atoms with E-state index in [0.717, 1.165) is 12.1 Å². The SMILES string of the molecule is COC(=O)OC(C)ON=[N+]([O-])N(C)C(C)(C)C(=O)O. The Labute approximate surface area is 109 Å². The lowest BCUT2D eigenvalue weighted by atomic mass is 10.1. The van der Waals surface area contributed by atoms with Gasteiger partial charge in [-0.15, -0.1) is 5.01 Å². The van der Waals surface area contributed by atoms with Crippen LogP contribution < -0.4 is 0 Å². The molecule has 19 heavy (non-hydrogen) atoms. The summed E-state index contributed by atoms with van der Waals surface area (Å²) in [5, 5.41) is 24.2. The fourth-order valence-electron chi connectivity index (χ4n) is 0.719. The first kappa shape index (κ1) is 16.7. The molecule has 10 nitrogen and oxygen atoms in total. The van der Waals surface area contributed by atoms with E-state index >= 15 is 0 Å². The van der Waals surface area contributed by atoms with Crippen molar-refractivity contribution in [2.24, 2.45) is 5.28 Å². The van der Waals surface area contributed by atoms with Crippen LogP contribution in [0.15, 0.2) is 5.28 Å². The van der Waals surface area contributed by atoms with Crippen LogP contribution in [0.25, 0.3) is 0 Å². The smallest absolute Gasteiger partial charge is 0.511 e. The van der Waals surface area contributed by atoms with Gasteiger partial charge in [-0.3, -0.25) is 4.84 Å². The van der Waals surface area contributed by atoms with Crippen LogP contribution in [0.4, 0.5) is 4.79 Å². The number of likely N-dealkylation sites (N-methyl/N-ethyl adjacent to an activating group) is 1. The van der Waals surface area contributed by atoms with Crippen LogP contribution in [0.3, 0.4) is 0 Å². The maximum absolute atomic E-state index is 11.5. The number of hydrogen-bond acceptors (Lipinski definition) is 7. The van der Waals surface area contributed by atoms with Crippen molar-refractivity contribution in [2.75, 3.05) is 14.2 Å². The predicted octanol–water partition coefficient (Wildman–Crippen LogP) is 0.720. The highest BCUT2D eigenvalue weighted by Gasteiger charge is 2.38. The molecule has 1 atom stereocenters. The lowest BCUT2D eigenvalue weighted by Crippen LogP contribution is -2.50. The van der Waals surface area contributed by atoms with Gasteiger partial charge in [0.2, 0.25) is 5.28 Å². The molecule has 0 radical (unpaired) electrons. The monoisotopic (exact) mass is 279 g/mol. The first-order chi connectivity index (χ1) is 8.62. The molecule has 0 aromatic heterocycles. The number of hydrogen-bond donors (Lipinski definition) is 1. The minimum atomic E-state index is -1.49. The van der Waals surface area contributed by atoms with Crippen LogP contribution in [0.2, 0.25) is 0 Å². The summed E-state index contributed by atoms with van der Waals surface area (Å²) in [4.78, 5) is 26.1. The molecule has 0 amide bonds. The van der Waals surface area contributed by atoms with Crippen LogP contribution >= 0.6 is 0 Å². The van der Waals surface area contributed by atoms with Crippen LogP contribution in [0.1, 0.15) is 20.8 Å². The topological polar surface area (TPSA) is 124 Å². The molecule has 0 aliphatic heterocycles. The molecule has 0 aliphatic carbocycles. The number of aliphatic carboxylic acids is 1. The van der Waals surface area contributed by atoms with Gasteiger partial charge in [0.25, 0.3) is 6.29 Å². The maximum atomic E-state index is 11.5. The molecule has 0 rings (SSSR count). The molecule has 0 saturated carbocycles. The summed E-state index contributed by atoms with van der Waals surface area (Å²) >= 11 is 0. The molecule has 0 aromatic carbocycles. The Bertz CT molecular complexity index is 369. The van der Waals surface area contributed by atoms with Crippen molar-refractivity contribution in [2.45, 2.75) is 32.6 Å². The van der Waals surface area contributed by atoms with Gasteiger partial charge in [0.15, 0.2) is 5.54 Å². The van der Waals surface area contributed by atoms with E-state index in [1.807, 2.05) is 0 Å². The predicted molar refractivity (Wildman–Crippen MR) is 59.6 cm³/mol. The van der Waals surface area contributed by atoms with Gasteiger partial charge >= 0.3 is 12.1 Å². The van der Waals surface area contributed by atoms with E-state index < -0.39 is 24.0 Å². The van der Waals surface area contributed by atoms with Gasteiger partial charge < -0.3 is 19.8 Å². The van der Waals surface area contributed by atoms with Crippen molar-refractivity contribution < 1.29 is 34.0 Å². The Hall–Kier alpha value is -2.26. The number of ether oxygens (including phenoxy) is 2. The summed E-state index contributed by atoms with van der Waals surface area (Å²) in [6.45, 7) is 3.92. The lowest BCUT2D eigenvalue weighted by Gasteiger charge is -2.26. The third kappa shape index (κ3) is 4.85. The minimum Gasteiger partial charge on any atom is -0.569 e.